The Hall–Kier alpha value is -3.07. The first-order valence-corrected chi connectivity index (χ1v) is 17.1. The number of aliphatic hydroxyl groups is 3. The van der Waals surface area contributed by atoms with Crippen molar-refractivity contribution in [1.82, 2.24) is 0 Å². The minimum absolute atomic E-state index is 0.0248. The molecule has 0 unspecified atom stereocenters. The zero-order valence-corrected chi connectivity index (χ0v) is 27.3. The predicted molar refractivity (Wildman–Crippen MR) is 176 cm³/mol. The highest BCUT2D eigenvalue weighted by Gasteiger charge is 2.65. The van der Waals surface area contributed by atoms with Gasteiger partial charge in [0.05, 0.1) is 18.3 Å². The fourth-order valence-corrected chi connectivity index (χ4v) is 10.2. The number of hydrogen-bond donors (Lipinski definition) is 5. The van der Waals surface area contributed by atoms with Crippen LogP contribution in [0.4, 0.5) is 5.69 Å². The molecule has 4 aliphatic carbocycles. The lowest BCUT2D eigenvalue weighted by molar-refractivity contribution is -0.207. The Kier molecular flexibility index (Phi) is 10.4. The summed E-state index contributed by atoms with van der Waals surface area (Å²) < 4.78 is 0. The zero-order chi connectivity index (χ0) is 33.2. The zero-order valence-electron chi connectivity index (χ0n) is 27.3. The number of benzene rings is 2. The van der Waals surface area contributed by atoms with E-state index >= 15 is 0 Å². The normalized spacial score (nSPS) is 36.9. The van der Waals surface area contributed by atoms with E-state index < -0.39 is 12.1 Å². The first-order chi connectivity index (χ1) is 21.9. The van der Waals surface area contributed by atoms with Crippen molar-refractivity contribution in [2.45, 2.75) is 96.9 Å². The number of fused-ring (bicyclic) bond motifs is 5. The molecule has 2 aromatic rings. The minimum Gasteiger partial charge on any atom is -0.481 e. The summed E-state index contributed by atoms with van der Waals surface area (Å²) in [5.74, 6) is 0.973. The third kappa shape index (κ3) is 6.54. The Morgan fingerprint density at radius 2 is 1.59 bits per heavy atom. The maximum absolute atomic E-state index is 12.0. The second-order valence-electron chi connectivity index (χ2n) is 15.0. The number of ketones is 1. The number of anilines is 1. The number of carbonyl (C=O) groups excluding carboxylic acids is 2. The first-order valence-electron chi connectivity index (χ1n) is 17.1. The SMILES string of the molecule is C[C@H](CCC(=O)O)[C@H]1CC[C@H]2[C@@H]3[C@H](O)C[C@@H]4C[C@H](O)CC[C@]4(C)[C@H]3C[C@H](O)[C@]12C.O=CNc1ccc(C(=O)c2ccccc2)cc1. The van der Waals surface area contributed by atoms with E-state index in [0.717, 1.165) is 44.9 Å². The minimum atomic E-state index is -0.748. The van der Waals surface area contributed by atoms with Gasteiger partial charge in [-0.3, -0.25) is 14.4 Å². The van der Waals surface area contributed by atoms with Crippen molar-refractivity contribution in [3.8, 4) is 0 Å². The molecule has 6 rings (SSSR count). The van der Waals surface area contributed by atoms with E-state index in [4.69, 9.17) is 5.11 Å². The summed E-state index contributed by atoms with van der Waals surface area (Å²) in [6, 6.07) is 15.9. The average Bonchev–Trinajstić information content (AvgIpc) is 3.40. The van der Waals surface area contributed by atoms with E-state index in [1.54, 1.807) is 36.4 Å². The highest BCUT2D eigenvalue weighted by atomic mass is 16.4. The summed E-state index contributed by atoms with van der Waals surface area (Å²) in [5, 5.41) is 44.5. The Bertz CT molecular complexity index is 1360. The van der Waals surface area contributed by atoms with Crippen LogP contribution < -0.4 is 5.32 Å². The molecule has 8 heteroatoms. The summed E-state index contributed by atoms with van der Waals surface area (Å²) in [6.45, 7) is 6.72. The molecule has 0 bridgehead atoms. The van der Waals surface area contributed by atoms with Gasteiger partial charge >= 0.3 is 5.97 Å². The van der Waals surface area contributed by atoms with Gasteiger partial charge in [-0.2, -0.15) is 0 Å². The van der Waals surface area contributed by atoms with E-state index in [-0.39, 0.29) is 47.1 Å². The lowest BCUT2D eigenvalue weighted by atomic mass is 9.43. The van der Waals surface area contributed by atoms with Crippen LogP contribution in [0.15, 0.2) is 54.6 Å². The van der Waals surface area contributed by atoms with Crippen molar-refractivity contribution in [3.63, 3.8) is 0 Å². The number of carboxylic acids is 1. The molecule has 4 aliphatic rings. The number of aliphatic carboxylic acids is 1. The van der Waals surface area contributed by atoms with E-state index in [2.05, 4.69) is 26.1 Å². The third-order valence-corrected chi connectivity index (χ3v) is 12.7. The van der Waals surface area contributed by atoms with Gasteiger partial charge in [-0.1, -0.05) is 51.1 Å². The highest BCUT2D eigenvalue weighted by molar-refractivity contribution is 6.09. The highest BCUT2D eigenvalue weighted by Crippen LogP contribution is 2.68. The quantitative estimate of drug-likeness (QED) is 0.179. The molecule has 4 saturated carbocycles. The van der Waals surface area contributed by atoms with Crippen LogP contribution >= 0.6 is 0 Å². The molecule has 2 aromatic carbocycles. The standard InChI is InChI=1S/C24H40O5.C14H11NO2/c1-13(4-7-21(28)29)16-5-6-17-22-18(12-20(27)24(16,17)3)23(2)9-8-15(25)10-14(23)11-19(22)26;16-10-15-13-8-6-12(7-9-13)14(17)11-4-2-1-3-5-11/h13-20,22,25-27H,4-12H2,1-3H3,(H,28,29);1-10H,(H,15,16)/t13-,14+,15-,16-,17+,18+,19-,20+,22+,23+,24-;/m1./s1. The van der Waals surface area contributed by atoms with E-state index in [0.29, 0.717) is 53.3 Å². The Morgan fingerprint density at radius 1 is 0.913 bits per heavy atom. The van der Waals surface area contributed by atoms with Gasteiger partial charge in [-0.05, 0) is 122 Å². The monoisotopic (exact) mass is 633 g/mol. The number of nitrogens with one attached hydrogen (secondary N) is 1. The van der Waals surface area contributed by atoms with Crippen LogP contribution in [0.25, 0.3) is 0 Å². The van der Waals surface area contributed by atoms with Crippen LogP contribution in [-0.2, 0) is 9.59 Å². The van der Waals surface area contributed by atoms with E-state index in [1.807, 2.05) is 18.2 Å². The smallest absolute Gasteiger partial charge is 0.303 e. The molecule has 0 heterocycles. The summed E-state index contributed by atoms with van der Waals surface area (Å²) in [5.41, 5.74) is 1.79. The summed E-state index contributed by atoms with van der Waals surface area (Å²) in [6.07, 6.45) is 6.60. The number of aliphatic hydroxyl groups excluding tert-OH is 3. The lowest BCUT2D eigenvalue weighted by Gasteiger charge is -2.63. The number of carbonyl (C=O) groups is 3. The third-order valence-electron chi connectivity index (χ3n) is 12.7. The molecule has 250 valence electrons. The van der Waals surface area contributed by atoms with Gasteiger partial charge < -0.3 is 25.7 Å². The van der Waals surface area contributed by atoms with Crippen LogP contribution in [0.3, 0.4) is 0 Å². The second kappa shape index (κ2) is 14.0. The molecule has 0 aliphatic heterocycles. The topological polar surface area (TPSA) is 144 Å². The van der Waals surface area contributed by atoms with Crippen LogP contribution in [0, 0.1) is 46.3 Å². The molecule has 0 radical (unpaired) electrons. The second-order valence-corrected chi connectivity index (χ2v) is 15.0. The average molecular weight is 634 g/mol. The molecular weight excluding hydrogens is 582 g/mol. The number of amides is 1. The molecule has 11 atom stereocenters. The van der Waals surface area contributed by atoms with Gasteiger partial charge in [0.15, 0.2) is 5.78 Å². The Labute approximate surface area is 272 Å². The van der Waals surface area contributed by atoms with Crippen molar-refractivity contribution in [3.05, 3.63) is 65.7 Å². The Morgan fingerprint density at radius 3 is 2.24 bits per heavy atom. The number of carboxylic acid groups (broad SMARTS) is 1. The van der Waals surface area contributed by atoms with Crippen molar-refractivity contribution in [1.29, 1.82) is 0 Å². The van der Waals surface area contributed by atoms with Gasteiger partial charge in [0.2, 0.25) is 6.41 Å². The molecule has 8 nitrogen and oxygen atoms in total. The molecule has 1 amide bonds. The summed E-state index contributed by atoms with van der Waals surface area (Å²) in [7, 11) is 0. The van der Waals surface area contributed by atoms with Gasteiger partial charge in [-0.25, -0.2) is 0 Å². The van der Waals surface area contributed by atoms with Crippen molar-refractivity contribution < 1.29 is 34.8 Å². The molecule has 5 N–H and O–H groups in total. The molecular formula is C38H51NO7. The van der Waals surface area contributed by atoms with E-state index in [9.17, 15) is 29.7 Å². The predicted octanol–water partition coefficient (Wildman–Crippen LogP) is 5.93. The fourth-order valence-electron chi connectivity index (χ4n) is 10.2. The largest absolute Gasteiger partial charge is 0.481 e. The van der Waals surface area contributed by atoms with Gasteiger partial charge in [0, 0.05) is 23.2 Å². The number of hydrogen-bond acceptors (Lipinski definition) is 6. The summed E-state index contributed by atoms with van der Waals surface area (Å²) >= 11 is 0. The summed E-state index contributed by atoms with van der Waals surface area (Å²) in [4.78, 5) is 33.3. The Balaban J connectivity index is 0.000000209. The van der Waals surface area contributed by atoms with Crippen LogP contribution in [0.1, 0.15) is 94.5 Å². The maximum atomic E-state index is 12.0. The van der Waals surface area contributed by atoms with Crippen molar-refractivity contribution in [2.24, 2.45) is 46.3 Å². The molecule has 0 spiro atoms. The van der Waals surface area contributed by atoms with Crippen molar-refractivity contribution >= 4 is 23.9 Å². The number of rotatable bonds is 8. The van der Waals surface area contributed by atoms with Gasteiger partial charge in [-0.15, -0.1) is 0 Å². The van der Waals surface area contributed by atoms with Crippen LogP contribution in [0.2, 0.25) is 0 Å². The van der Waals surface area contributed by atoms with Gasteiger partial charge in [0.25, 0.3) is 0 Å². The molecule has 4 fully saturated rings. The van der Waals surface area contributed by atoms with Gasteiger partial charge in [0.1, 0.15) is 0 Å². The fraction of sp³-hybridized carbons (Fsp3) is 0.605. The van der Waals surface area contributed by atoms with E-state index in [1.165, 1.54) is 0 Å². The first kappa shape index (κ1) is 34.3. The molecule has 0 saturated heterocycles. The molecule has 46 heavy (non-hydrogen) atoms. The van der Waals surface area contributed by atoms with Crippen LogP contribution in [0.5, 0.6) is 0 Å². The van der Waals surface area contributed by atoms with Crippen LogP contribution in [-0.4, -0.2) is 56.9 Å². The maximum Gasteiger partial charge on any atom is 0.303 e. The van der Waals surface area contributed by atoms with Crippen molar-refractivity contribution in [2.75, 3.05) is 5.32 Å². The lowest BCUT2D eigenvalue weighted by Crippen LogP contribution is -2.62. The molecule has 0 aromatic heterocycles.